The summed E-state index contributed by atoms with van der Waals surface area (Å²) in [4.78, 5) is 27.9. The zero-order valence-corrected chi connectivity index (χ0v) is 21.7. The molecule has 33 heavy (non-hydrogen) atoms. The van der Waals surface area contributed by atoms with Gasteiger partial charge in [0.15, 0.2) is 0 Å². The van der Waals surface area contributed by atoms with Crippen LogP contribution in [-0.4, -0.2) is 42.2 Å². The highest BCUT2D eigenvalue weighted by atomic mass is 35.5. The minimum absolute atomic E-state index is 0.100. The molecular formula is C25H32Cl2N2O3S. The molecule has 0 saturated heterocycles. The van der Waals surface area contributed by atoms with Crippen molar-refractivity contribution >= 4 is 46.8 Å². The Bertz CT molecular complexity index is 889. The van der Waals surface area contributed by atoms with Crippen molar-refractivity contribution in [1.29, 1.82) is 0 Å². The number of hydrogen-bond acceptors (Lipinski definition) is 4. The maximum Gasteiger partial charge on any atom is 0.242 e. The van der Waals surface area contributed by atoms with Crippen LogP contribution in [0.4, 0.5) is 0 Å². The van der Waals surface area contributed by atoms with Crippen molar-refractivity contribution in [1.82, 2.24) is 10.2 Å². The summed E-state index contributed by atoms with van der Waals surface area (Å²) in [7, 11) is 1.61. The second kappa shape index (κ2) is 14.4. The number of unbranched alkanes of at least 4 members (excludes halogenated alkanes) is 1. The fourth-order valence-corrected chi connectivity index (χ4v) is 4.99. The summed E-state index contributed by atoms with van der Waals surface area (Å²) in [5, 5.41) is 4.14. The number of carbonyl (C=O) groups excluding carboxylic acids is 2. The summed E-state index contributed by atoms with van der Waals surface area (Å²) < 4.78 is 5.23. The molecule has 0 spiro atoms. The van der Waals surface area contributed by atoms with Gasteiger partial charge in [-0.1, -0.05) is 61.7 Å². The second-order valence-electron chi connectivity index (χ2n) is 7.63. The first kappa shape index (κ1) is 27.4. The Morgan fingerprint density at radius 3 is 2.33 bits per heavy atom. The molecule has 0 unspecified atom stereocenters. The van der Waals surface area contributed by atoms with E-state index in [1.165, 1.54) is 11.8 Å². The molecule has 0 fully saturated rings. The molecule has 8 heteroatoms. The topological polar surface area (TPSA) is 58.6 Å². The first-order valence-corrected chi connectivity index (χ1v) is 13.0. The summed E-state index contributed by atoms with van der Waals surface area (Å²) in [6, 6.07) is 12.4. The van der Waals surface area contributed by atoms with Gasteiger partial charge in [0.05, 0.1) is 12.9 Å². The van der Waals surface area contributed by atoms with Gasteiger partial charge in [0.1, 0.15) is 11.8 Å². The number of thioether (sulfide) groups is 1. The van der Waals surface area contributed by atoms with Gasteiger partial charge < -0.3 is 15.0 Å². The maximum atomic E-state index is 13.3. The lowest BCUT2D eigenvalue weighted by Crippen LogP contribution is -2.49. The highest BCUT2D eigenvalue weighted by Crippen LogP contribution is 2.28. The van der Waals surface area contributed by atoms with E-state index in [0.29, 0.717) is 35.3 Å². The minimum Gasteiger partial charge on any atom is -0.497 e. The Kier molecular flexibility index (Phi) is 11.9. The van der Waals surface area contributed by atoms with E-state index in [1.807, 2.05) is 31.2 Å². The van der Waals surface area contributed by atoms with Crippen molar-refractivity contribution in [3.8, 4) is 5.75 Å². The van der Waals surface area contributed by atoms with Gasteiger partial charge in [0.2, 0.25) is 11.8 Å². The van der Waals surface area contributed by atoms with Crippen molar-refractivity contribution in [3.63, 3.8) is 0 Å². The minimum atomic E-state index is -0.541. The number of benzene rings is 2. The van der Waals surface area contributed by atoms with Gasteiger partial charge in [-0.3, -0.25) is 9.59 Å². The summed E-state index contributed by atoms with van der Waals surface area (Å²) in [5.41, 5.74) is 1.74. The number of hydrogen-bond donors (Lipinski definition) is 1. The smallest absolute Gasteiger partial charge is 0.242 e. The van der Waals surface area contributed by atoms with Gasteiger partial charge in [0.25, 0.3) is 0 Å². The van der Waals surface area contributed by atoms with E-state index in [4.69, 9.17) is 27.9 Å². The number of halogens is 2. The van der Waals surface area contributed by atoms with Crippen molar-refractivity contribution in [3.05, 3.63) is 63.6 Å². The molecule has 0 aliphatic rings. The largest absolute Gasteiger partial charge is 0.497 e. The van der Waals surface area contributed by atoms with Crippen molar-refractivity contribution in [2.45, 2.75) is 51.4 Å². The Hall–Kier alpha value is -1.89. The van der Waals surface area contributed by atoms with Crippen LogP contribution in [0.2, 0.25) is 10.0 Å². The standard InChI is InChI=1S/C25H32Cl2N2O3S/c1-4-6-14-28-25(31)23(5-2)29(15-18-10-12-19(32-3)13-11-18)24(30)17-33-16-20-21(26)8-7-9-22(20)27/h7-13,23H,4-6,14-17H2,1-3H3,(H,28,31)/t23-/m1/s1. The van der Waals surface area contributed by atoms with Crippen LogP contribution < -0.4 is 10.1 Å². The lowest BCUT2D eigenvalue weighted by molar-refractivity contribution is -0.139. The Morgan fingerprint density at radius 2 is 1.76 bits per heavy atom. The third kappa shape index (κ3) is 8.43. The molecule has 2 aromatic rings. The normalized spacial score (nSPS) is 11.7. The highest BCUT2D eigenvalue weighted by molar-refractivity contribution is 7.99. The van der Waals surface area contributed by atoms with Crippen molar-refractivity contribution in [2.75, 3.05) is 19.4 Å². The number of carbonyl (C=O) groups is 2. The van der Waals surface area contributed by atoms with E-state index >= 15 is 0 Å². The fourth-order valence-electron chi connectivity index (χ4n) is 3.35. The molecule has 0 heterocycles. The van der Waals surface area contributed by atoms with Gasteiger partial charge in [0, 0.05) is 28.9 Å². The van der Waals surface area contributed by atoms with Gasteiger partial charge in [-0.05, 0) is 48.2 Å². The van der Waals surface area contributed by atoms with Crippen LogP contribution in [0.5, 0.6) is 5.75 Å². The maximum absolute atomic E-state index is 13.3. The third-order valence-corrected chi connectivity index (χ3v) is 6.91. The van der Waals surface area contributed by atoms with E-state index in [9.17, 15) is 9.59 Å². The first-order valence-electron chi connectivity index (χ1n) is 11.1. The van der Waals surface area contributed by atoms with E-state index < -0.39 is 6.04 Å². The average Bonchev–Trinajstić information content (AvgIpc) is 2.81. The van der Waals surface area contributed by atoms with Crippen molar-refractivity contribution in [2.24, 2.45) is 0 Å². The zero-order chi connectivity index (χ0) is 24.2. The molecule has 0 saturated carbocycles. The number of amides is 2. The van der Waals surface area contributed by atoms with Crippen LogP contribution in [0.15, 0.2) is 42.5 Å². The molecular weight excluding hydrogens is 479 g/mol. The molecule has 2 aromatic carbocycles. The van der Waals surface area contributed by atoms with E-state index in [1.54, 1.807) is 30.2 Å². The van der Waals surface area contributed by atoms with Crippen LogP contribution in [0.1, 0.15) is 44.2 Å². The average molecular weight is 512 g/mol. The van der Waals surface area contributed by atoms with E-state index in [2.05, 4.69) is 12.2 Å². The summed E-state index contributed by atoms with van der Waals surface area (Å²) in [6.45, 7) is 4.95. The predicted molar refractivity (Wildman–Crippen MR) is 138 cm³/mol. The Labute approximate surface area is 211 Å². The fraction of sp³-hybridized carbons (Fsp3) is 0.440. The number of methoxy groups -OCH3 is 1. The van der Waals surface area contributed by atoms with Gasteiger partial charge in [-0.2, -0.15) is 0 Å². The number of rotatable bonds is 13. The number of nitrogens with zero attached hydrogens (tertiary/aromatic N) is 1. The van der Waals surface area contributed by atoms with Crippen LogP contribution in [-0.2, 0) is 21.9 Å². The summed E-state index contributed by atoms with van der Waals surface area (Å²) in [5.74, 6) is 1.26. The van der Waals surface area contributed by atoms with Crippen LogP contribution in [0.25, 0.3) is 0 Å². The first-order chi connectivity index (χ1) is 15.9. The molecule has 1 N–H and O–H groups in total. The van der Waals surface area contributed by atoms with Gasteiger partial charge in [-0.25, -0.2) is 0 Å². The summed E-state index contributed by atoms with van der Waals surface area (Å²) in [6.07, 6.45) is 2.43. The second-order valence-corrected chi connectivity index (χ2v) is 9.43. The lowest BCUT2D eigenvalue weighted by atomic mass is 10.1. The SMILES string of the molecule is CCCCNC(=O)[C@@H](CC)N(Cc1ccc(OC)cc1)C(=O)CSCc1c(Cl)cccc1Cl. The number of nitrogens with one attached hydrogen (secondary N) is 1. The van der Waals surface area contributed by atoms with E-state index in [-0.39, 0.29) is 17.6 Å². The number of ether oxygens (including phenoxy) is 1. The summed E-state index contributed by atoms with van der Waals surface area (Å²) >= 11 is 14.0. The molecule has 1 atom stereocenters. The highest BCUT2D eigenvalue weighted by Gasteiger charge is 2.28. The molecule has 0 aliphatic heterocycles. The lowest BCUT2D eigenvalue weighted by Gasteiger charge is -2.30. The molecule has 0 bridgehead atoms. The monoisotopic (exact) mass is 510 g/mol. The van der Waals surface area contributed by atoms with Crippen LogP contribution in [0.3, 0.4) is 0 Å². The van der Waals surface area contributed by atoms with Gasteiger partial charge >= 0.3 is 0 Å². The molecule has 0 aliphatic carbocycles. The van der Waals surface area contributed by atoms with Crippen molar-refractivity contribution < 1.29 is 14.3 Å². The molecule has 2 amide bonds. The van der Waals surface area contributed by atoms with E-state index in [0.717, 1.165) is 29.7 Å². The Morgan fingerprint density at radius 1 is 1.09 bits per heavy atom. The predicted octanol–water partition coefficient (Wildman–Crippen LogP) is 5.96. The quantitative estimate of drug-likeness (QED) is 0.337. The Balaban J connectivity index is 2.14. The zero-order valence-electron chi connectivity index (χ0n) is 19.4. The molecule has 2 rings (SSSR count). The molecule has 0 radical (unpaired) electrons. The van der Waals surface area contributed by atoms with Crippen LogP contribution in [0, 0.1) is 0 Å². The molecule has 180 valence electrons. The third-order valence-electron chi connectivity index (χ3n) is 5.26. The molecule has 5 nitrogen and oxygen atoms in total. The molecule has 0 aromatic heterocycles. The van der Waals surface area contributed by atoms with Gasteiger partial charge in [-0.15, -0.1) is 11.8 Å². The van der Waals surface area contributed by atoms with Crippen LogP contribution >= 0.6 is 35.0 Å².